The Balaban J connectivity index is 3.28. The van der Waals surface area contributed by atoms with Crippen LogP contribution in [0.15, 0.2) is 48.6 Å². The van der Waals surface area contributed by atoms with Gasteiger partial charge in [0.25, 0.3) is 0 Å². The first-order valence-corrected chi connectivity index (χ1v) is 12.0. The van der Waals surface area contributed by atoms with Crippen molar-refractivity contribution in [3.8, 4) is 23.3 Å². The van der Waals surface area contributed by atoms with Crippen molar-refractivity contribution in [2.45, 2.75) is 58.2 Å². The van der Waals surface area contributed by atoms with Crippen LogP contribution in [0.5, 0.6) is 0 Å². The average molecular weight is 393 g/mol. The lowest BCUT2D eigenvalue weighted by atomic mass is 10.1. The minimum absolute atomic E-state index is 0.391. The molecule has 148 valence electrons. The quantitative estimate of drug-likeness (QED) is 0.194. The fraction of sp³-hybridized carbons (Fsp3) is 0.400. The summed E-state index contributed by atoms with van der Waals surface area (Å²) < 4.78 is 4.63. The predicted octanol–water partition coefficient (Wildman–Crippen LogP) is 6.02. The van der Waals surface area contributed by atoms with E-state index in [1.54, 1.807) is 6.08 Å². The molecule has 0 bridgehead atoms. The molecule has 1 aromatic rings. The van der Waals surface area contributed by atoms with Crippen molar-refractivity contribution in [3.05, 3.63) is 54.1 Å². The number of ether oxygens (including phenoxy) is 1. The van der Waals surface area contributed by atoms with Gasteiger partial charge in [0.2, 0.25) is 0 Å². The van der Waals surface area contributed by atoms with Gasteiger partial charge in [0.05, 0.1) is 7.11 Å². The van der Waals surface area contributed by atoms with Crippen molar-refractivity contribution in [1.82, 2.24) is 0 Å². The Labute approximate surface area is 172 Å². The van der Waals surface area contributed by atoms with Crippen LogP contribution in [0.25, 0.3) is 5.57 Å². The van der Waals surface area contributed by atoms with E-state index in [4.69, 9.17) is 0 Å². The molecule has 0 N–H and O–H groups in total. The first-order valence-electron chi connectivity index (χ1n) is 9.80. The zero-order chi connectivity index (χ0) is 21.2. The third-order valence-corrected chi connectivity index (χ3v) is 11.5. The molecule has 0 radical (unpaired) electrons. The standard InChI is InChI=1S/C25H32O2Si/c1-20(2)28(21(3)4,22(5)6)19-12-11-16-24(17-13-18-25(26)27-7)23-14-9-8-10-15-23/h8-10,13-15,17-18,20-22H,1-7H3/b18-13-,24-17+. The van der Waals surface area contributed by atoms with Crippen LogP contribution in [0.3, 0.4) is 0 Å². The maximum absolute atomic E-state index is 11.3. The van der Waals surface area contributed by atoms with E-state index in [2.05, 4.69) is 69.6 Å². The molecule has 3 heteroatoms. The summed E-state index contributed by atoms with van der Waals surface area (Å²) in [6, 6.07) is 9.89. The number of methoxy groups -OCH3 is 1. The maximum Gasteiger partial charge on any atom is 0.330 e. The van der Waals surface area contributed by atoms with E-state index in [9.17, 15) is 4.79 Å². The van der Waals surface area contributed by atoms with Gasteiger partial charge in [-0.15, -0.1) is 5.54 Å². The highest BCUT2D eigenvalue weighted by Crippen LogP contribution is 2.40. The molecule has 0 aliphatic carbocycles. The second-order valence-corrected chi connectivity index (χ2v) is 13.3. The van der Waals surface area contributed by atoms with Gasteiger partial charge in [0.15, 0.2) is 0 Å². The number of hydrogen-bond donors (Lipinski definition) is 0. The minimum Gasteiger partial charge on any atom is -0.466 e. The van der Waals surface area contributed by atoms with Crippen molar-refractivity contribution in [2.75, 3.05) is 7.11 Å². The van der Waals surface area contributed by atoms with Crippen molar-refractivity contribution >= 4 is 19.6 Å². The molecule has 0 saturated heterocycles. The minimum atomic E-state index is -1.78. The Morgan fingerprint density at radius 3 is 2.04 bits per heavy atom. The lowest BCUT2D eigenvalue weighted by Gasteiger charge is -2.37. The summed E-state index contributed by atoms with van der Waals surface area (Å²) in [5.74, 6) is 9.02. The summed E-state index contributed by atoms with van der Waals surface area (Å²) in [7, 11) is -0.423. The van der Waals surface area contributed by atoms with Crippen molar-refractivity contribution in [2.24, 2.45) is 0 Å². The molecule has 1 aromatic carbocycles. The monoisotopic (exact) mass is 392 g/mol. The molecule has 0 aliphatic rings. The van der Waals surface area contributed by atoms with E-state index in [-0.39, 0.29) is 0 Å². The predicted molar refractivity (Wildman–Crippen MR) is 122 cm³/mol. The summed E-state index contributed by atoms with van der Waals surface area (Å²) in [5.41, 5.74) is 7.16. The largest absolute Gasteiger partial charge is 0.466 e. The van der Waals surface area contributed by atoms with Crippen molar-refractivity contribution in [1.29, 1.82) is 0 Å². The van der Waals surface area contributed by atoms with Gasteiger partial charge in [0, 0.05) is 11.6 Å². The zero-order valence-electron chi connectivity index (χ0n) is 18.2. The van der Waals surface area contributed by atoms with E-state index >= 15 is 0 Å². The van der Waals surface area contributed by atoms with Gasteiger partial charge >= 0.3 is 5.97 Å². The molecule has 0 atom stereocenters. The van der Waals surface area contributed by atoms with Crippen LogP contribution in [-0.2, 0) is 9.53 Å². The Morgan fingerprint density at radius 2 is 1.54 bits per heavy atom. The first-order chi connectivity index (χ1) is 13.3. The highest BCUT2D eigenvalue weighted by atomic mass is 28.3. The molecule has 0 saturated carbocycles. The molecular weight excluding hydrogens is 360 g/mol. The van der Waals surface area contributed by atoms with Crippen LogP contribution in [0.1, 0.15) is 47.1 Å². The number of allylic oxidation sites excluding steroid dienone is 3. The summed E-state index contributed by atoms with van der Waals surface area (Å²) in [6.07, 6.45) is 4.86. The zero-order valence-corrected chi connectivity index (χ0v) is 19.2. The van der Waals surface area contributed by atoms with Gasteiger partial charge in [-0.25, -0.2) is 4.79 Å². The molecule has 28 heavy (non-hydrogen) atoms. The van der Waals surface area contributed by atoms with Crippen molar-refractivity contribution in [3.63, 3.8) is 0 Å². The van der Waals surface area contributed by atoms with Crippen LogP contribution < -0.4 is 0 Å². The highest BCUT2D eigenvalue weighted by molar-refractivity contribution is 6.90. The number of esters is 1. The molecule has 0 fully saturated rings. The van der Waals surface area contributed by atoms with E-state index in [1.807, 2.05) is 36.4 Å². The van der Waals surface area contributed by atoms with Crippen LogP contribution in [-0.4, -0.2) is 21.2 Å². The van der Waals surface area contributed by atoms with Crippen LogP contribution >= 0.6 is 0 Å². The van der Waals surface area contributed by atoms with Crippen LogP contribution in [0.4, 0.5) is 0 Å². The SMILES string of the molecule is COC(=O)/C=C\C=C(/C#CC#C[Si](C(C)C)(C(C)C)C(C)C)c1ccccc1. The molecule has 0 aromatic heterocycles. The normalized spacial score (nSPS) is 12.0. The highest BCUT2D eigenvalue weighted by Gasteiger charge is 2.41. The summed E-state index contributed by atoms with van der Waals surface area (Å²) in [5, 5.41) is 0. The summed E-state index contributed by atoms with van der Waals surface area (Å²) >= 11 is 0. The van der Waals surface area contributed by atoms with Gasteiger partial charge in [0.1, 0.15) is 8.07 Å². The third kappa shape index (κ3) is 6.29. The molecule has 0 unspecified atom stereocenters. The molecule has 0 spiro atoms. The Hall–Kier alpha value is -2.49. The van der Waals surface area contributed by atoms with Gasteiger partial charge < -0.3 is 4.74 Å². The molecule has 0 amide bonds. The molecular formula is C25H32O2Si. The van der Waals surface area contributed by atoms with Gasteiger partial charge in [-0.05, 0) is 40.1 Å². The number of rotatable bonds is 6. The Morgan fingerprint density at radius 1 is 0.964 bits per heavy atom. The number of hydrogen-bond acceptors (Lipinski definition) is 2. The van der Waals surface area contributed by atoms with Crippen LogP contribution in [0.2, 0.25) is 16.6 Å². The average Bonchev–Trinajstić information content (AvgIpc) is 2.66. The Kier molecular flexibility index (Phi) is 9.56. The van der Waals surface area contributed by atoms with E-state index in [0.717, 1.165) is 11.1 Å². The van der Waals surface area contributed by atoms with Gasteiger partial charge in [-0.1, -0.05) is 83.9 Å². The molecule has 0 heterocycles. The number of carbonyl (C=O) groups is 1. The number of carbonyl (C=O) groups excluding carboxylic acids is 1. The topological polar surface area (TPSA) is 26.3 Å². The molecule has 1 rings (SSSR count). The van der Waals surface area contributed by atoms with Gasteiger partial charge in [-0.2, -0.15) is 0 Å². The lowest BCUT2D eigenvalue weighted by molar-refractivity contribution is -0.134. The second-order valence-electron chi connectivity index (χ2n) is 7.73. The fourth-order valence-electron chi connectivity index (χ4n) is 3.79. The van der Waals surface area contributed by atoms with Gasteiger partial charge in [-0.3, -0.25) is 0 Å². The van der Waals surface area contributed by atoms with E-state index in [0.29, 0.717) is 16.6 Å². The first kappa shape index (κ1) is 23.5. The third-order valence-electron chi connectivity index (χ3n) is 5.19. The second kappa shape index (κ2) is 11.4. The lowest BCUT2D eigenvalue weighted by Crippen LogP contribution is -2.43. The summed E-state index contributed by atoms with van der Waals surface area (Å²) in [4.78, 5) is 11.3. The fourth-order valence-corrected chi connectivity index (χ4v) is 8.93. The van der Waals surface area contributed by atoms with Crippen LogP contribution in [0, 0.1) is 23.3 Å². The molecule has 0 aliphatic heterocycles. The van der Waals surface area contributed by atoms with Crippen molar-refractivity contribution < 1.29 is 9.53 Å². The smallest absolute Gasteiger partial charge is 0.330 e. The Bertz CT molecular complexity index is 800. The maximum atomic E-state index is 11.3. The van der Waals surface area contributed by atoms with E-state index < -0.39 is 14.0 Å². The number of benzene rings is 1. The summed E-state index contributed by atoms with van der Waals surface area (Å²) in [6.45, 7) is 13.8. The van der Waals surface area contributed by atoms with E-state index in [1.165, 1.54) is 13.2 Å². The molecule has 2 nitrogen and oxygen atoms in total.